The van der Waals surface area contributed by atoms with Crippen molar-refractivity contribution in [3.8, 4) is 11.1 Å². The van der Waals surface area contributed by atoms with Crippen LogP contribution in [-0.4, -0.2) is 23.6 Å². The summed E-state index contributed by atoms with van der Waals surface area (Å²) in [7, 11) is 0. The second-order valence-electron chi connectivity index (χ2n) is 4.99. The number of ether oxygens (including phenoxy) is 1. The molecule has 3 N–H and O–H groups in total. The number of nitrogens with one attached hydrogen (secondary N) is 1. The maximum absolute atomic E-state index is 6.00. The Hall–Kier alpha value is -1.59. The highest BCUT2D eigenvalue weighted by Crippen LogP contribution is 2.36. The third-order valence-corrected chi connectivity index (χ3v) is 4.38. The first-order chi connectivity index (χ1) is 9.84. The number of nitrogens with two attached hydrogens (primary N) is 1. The first-order valence-corrected chi connectivity index (χ1v) is 7.78. The van der Waals surface area contributed by atoms with Crippen LogP contribution in [0.25, 0.3) is 11.1 Å². The van der Waals surface area contributed by atoms with Crippen LogP contribution in [0.5, 0.6) is 0 Å². The van der Waals surface area contributed by atoms with Gasteiger partial charge >= 0.3 is 0 Å². The van der Waals surface area contributed by atoms with E-state index in [1.54, 1.807) is 0 Å². The maximum atomic E-state index is 6.00. The minimum Gasteiger partial charge on any atom is -0.382 e. The molecule has 2 aromatic rings. The van der Waals surface area contributed by atoms with Gasteiger partial charge in [0.05, 0.1) is 11.7 Å². The van der Waals surface area contributed by atoms with Crippen molar-refractivity contribution in [1.29, 1.82) is 0 Å². The second kappa shape index (κ2) is 6.24. The summed E-state index contributed by atoms with van der Waals surface area (Å²) in [6.07, 6.45) is 3.81. The fraction of sp³-hybridized carbons (Fsp3) is 0.400. The van der Waals surface area contributed by atoms with Crippen LogP contribution in [0.1, 0.15) is 19.3 Å². The van der Waals surface area contributed by atoms with Crippen molar-refractivity contribution in [3.05, 3.63) is 30.3 Å². The zero-order valence-corrected chi connectivity index (χ0v) is 12.2. The summed E-state index contributed by atoms with van der Waals surface area (Å²) in [5.41, 5.74) is 8.13. The number of rotatable bonds is 5. The van der Waals surface area contributed by atoms with Crippen molar-refractivity contribution in [2.75, 3.05) is 24.2 Å². The Bertz CT molecular complexity index is 550. The summed E-state index contributed by atoms with van der Waals surface area (Å²) >= 11 is 1.43. The molecule has 1 aromatic carbocycles. The van der Waals surface area contributed by atoms with Gasteiger partial charge in [-0.25, -0.2) is 0 Å². The van der Waals surface area contributed by atoms with E-state index in [4.69, 9.17) is 10.5 Å². The molecule has 5 heteroatoms. The van der Waals surface area contributed by atoms with E-state index in [9.17, 15) is 0 Å². The minimum atomic E-state index is 0.410. The Kier molecular flexibility index (Phi) is 4.18. The number of anilines is 2. The number of aromatic nitrogens is 1. The molecule has 0 saturated carbocycles. The molecule has 2 heterocycles. The second-order valence-corrected chi connectivity index (χ2v) is 5.76. The number of nitrogen functional groups attached to an aromatic ring is 1. The molecular formula is C15H19N3OS. The molecule has 3 rings (SSSR count). The lowest BCUT2D eigenvalue weighted by Crippen LogP contribution is -2.12. The number of hydrogen-bond donors (Lipinski definition) is 2. The third-order valence-electron chi connectivity index (χ3n) is 3.56. The van der Waals surface area contributed by atoms with Crippen molar-refractivity contribution in [1.82, 2.24) is 4.37 Å². The Morgan fingerprint density at radius 3 is 2.95 bits per heavy atom. The largest absolute Gasteiger partial charge is 0.382 e. The quantitative estimate of drug-likeness (QED) is 0.886. The van der Waals surface area contributed by atoms with Gasteiger partial charge < -0.3 is 15.8 Å². The molecule has 1 aliphatic rings. The normalized spacial score (nSPS) is 18.3. The Balaban J connectivity index is 1.67. The highest BCUT2D eigenvalue weighted by Gasteiger charge is 2.16. The standard InChI is InChI=1S/C15H19N3OS/c16-14-13(11-5-2-1-3-6-11)15(20-18-14)17-9-8-12-7-4-10-19-12/h1-3,5-6,12,17H,4,7-10H2,(H2,16,18). The van der Waals surface area contributed by atoms with E-state index < -0.39 is 0 Å². The van der Waals surface area contributed by atoms with Crippen LogP contribution in [0, 0.1) is 0 Å². The molecule has 0 spiro atoms. The summed E-state index contributed by atoms with van der Waals surface area (Å²) in [4.78, 5) is 0. The average Bonchev–Trinajstić information content (AvgIpc) is 3.10. The van der Waals surface area contributed by atoms with Gasteiger partial charge in [-0.15, -0.1) is 0 Å². The fourth-order valence-electron chi connectivity index (χ4n) is 2.53. The molecule has 106 valence electrons. The van der Waals surface area contributed by atoms with E-state index in [2.05, 4.69) is 21.8 Å². The Morgan fingerprint density at radius 2 is 2.20 bits per heavy atom. The molecule has 1 fully saturated rings. The Labute approximate surface area is 123 Å². The SMILES string of the molecule is Nc1nsc(NCCC2CCCO2)c1-c1ccccc1. The molecule has 1 aromatic heterocycles. The molecule has 0 aliphatic carbocycles. The van der Waals surface area contributed by atoms with Crippen molar-refractivity contribution < 1.29 is 4.74 Å². The van der Waals surface area contributed by atoms with Crippen LogP contribution in [-0.2, 0) is 4.74 Å². The summed E-state index contributed by atoms with van der Waals surface area (Å²) in [5, 5.41) is 4.50. The van der Waals surface area contributed by atoms with Gasteiger partial charge in [0.1, 0.15) is 10.8 Å². The molecule has 4 nitrogen and oxygen atoms in total. The first kappa shape index (κ1) is 13.4. The maximum Gasteiger partial charge on any atom is 0.147 e. The van der Waals surface area contributed by atoms with Crippen LogP contribution in [0.2, 0.25) is 0 Å². The van der Waals surface area contributed by atoms with E-state index in [0.29, 0.717) is 11.9 Å². The summed E-state index contributed by atoms with van der Waals surface area (Å²) in [5.74, 6) is 0.598. The number of benzene rings is 1. The zero-order chi connectivity index (χ0) is 13.8. The highest BCUT2D eigenvalue weighted by atomic mass is 32.1. The Morgan fingerprint density at radius 1 is 1.35 bits per heavy atom. The smallest absolute Gasteiger partial charge is 0.147 e. The van der Waals surface area contributed by atoms with E-state index in [-0.39, 0.29) is 0 Å². The first-order valence-electron chi connectivity index (χ1n) is 7.00. The lowest BCUT2D eigenvalue weighted by molar-refractivity contribution is 0.107. The zero-order valence-electron chi connectivity index (χ0n) is 11.3. The van der Waals surface area contributed by atoms with Gasteiger partial charge in [-0.1, -0.05) is 30.3 Å². The number of nitrogens with zero attached hydrogens (tertiary/aromatic N) is 1. The van der Waals surface area contributed by atoms with Crippen LogP contribution in [0.4, 0.5) is 10.8 Å². The average molecular weight is 289 g/mol. The molecule has 0 radical (unpaired) electrons. The highest BCUT2D eigenvalue weighted by molar-refractivity contribution is 7.11. The molecule has 20 heavy (non-hydrogen) atoms. The molecular weight excluding hydrogens is 270 g/mol. The van der Waals surface area contributed by atoms with Gasteiger partial charge in [-0.05, 0) is 36.4 Å². The van der Waals surface area contributed by atoms with Crippen LogP contribution >= 0.6 is 11.5 Å². The van der Waals surface area contributed by atoms with Gasteiger partial charge in [-0.3, -0.25) is 0 Å². The predicted molar refractivity (Wildman–Crippen MR) is 84.0 cm³/mol. The van der Waals surface area contributed by atoms with Gasteiger partial charge in [0.15, 0.2) is 0 Å². The molecule has 1 atom stereocenters. The van der Waals surface area contributed by atoms with E-state index in [1.807, 2.05) is 18.2 Å². The van der Waals surface area contributed by atoms with Crippen molar-refractivity contribution in [2.45, 2.75) is 25.4 Å². The summed E-state index contributed by atoms with van der Waals surface area (Å²) < 4.78 is 9.90. The molecule has 1 aliphatic heterocycles. The van der Waals surface area contributed by atoms with E-state index >= 15 is 0 Å². The van der Waals surface area contributed by atoms with E-state index in [1.165, 1.54) is 24.4 Å². The van der Waals surface area contributed by atoms with Gasteiger partial charge in [0.2, 0.25) is 0 Å². The van der Waals surface area contributed by atoms with Crippen LogP contribution in [0.15, 0.2) is 30.3 Å². The molecule has 1 unspecified atom stereocenters. The molecule has 0 amide bonds. The fourth-order valence-corrected chi connectivity index (χ4v) is 3.29. The third kappa shape index (κ3) is 2.94. The number of hydrogen-bond acceptors (Lipinski definition) is 5. The predicted octanol–water partition coefficient (Wildman–Crippen LogP) is 3.37. The lowest BCUT2D eigenvalue weighted by Gasteiger charge is -2.11. The van der Waals surface area contributed by atoms with Crippen molar-refractivity contribution in [2.24, 2.45) is 0 Å². The van der Waals surface area contributed by atoms with Gasteiger partial charge in [0, 0.05) is 13.2 Å². The summed E-state index contributed by atoms with van der Waals surface area (Å²) in [6, 6.07) is 10.2. The minimum absolute atomic E-state index is 0.410. The molecule has 0 bridgehead atoms. The van der Waals surface area contributed by atoms with Gasteiger partial charge in [0.25, 0.3) is 0 Å². The lowest BCUT2D eigenvalue weighted by atomic mass is 10.1. The van der Waals surface area contributed by atoms with E-state index in [0.717, 1.165) is 35.7 Å². The van der Waals surface area contributed by atoms with Crippen molar-refractivity contribution in [3.63, 3.8) is 0 Å². The molecule has 1 saturated heterocycles. The van der Waals surface area contributed by atoms with Crippen molar-refractivity contribution >= 4 is 22.4 Å². The van der Waals surface area contributed by atoms with Gasteiger partial charge in [-0.2, -0.15) is 4.37 Å². The van der Waals surface area contributed by atoms with Crippen LogP contribution in [0.3, 0.4) is 0 Å². The monoisotopic (exact) mass is 289 g/mol. The van der Waals surface area contributed by atoms with Crippen LogP contribution < -0.4 is 11.1 Å². The topological polar surface area (TPSA) is 60.2 Å². The summed E-state index contributed by atoms with van der Waals surface area (Å²) in [6.45, 7) is 1.81.